The fraction of sp³-hybridized carbons (Fsp3) is 0.500. The topological polar surface area (TPSA) is 89.5 Å². The number of rotatable bonds is 3. The molecule has 4 N–H and O–H groups in total. The van der Waals surface area contributed by atoms with Crippen LogP contribution in [-0.4, -0.2) is 32.6 Å². The molecule has 2 aromatic heterocycles. The minimum Gasteiger partial charge on any atom is -0.373 e. The smallest absolute Gasteiger partial charge is 0.180 e. The Balaban J connectivity index is 1.68. The first kappa shape index (κ1) is 11.0. The molecule has 100 valence electrons. The largest absolute Gasteiger partial charge is 0.373 e. The zero-order valence-corrected chi connectivity index (χ0v) is 10.4. The van der Waals surface area contributed by atoms with E-state index in [2.05, 4.69) is 20.7 Å². The molecule has 0 radical (unpaired) electrons. The van der Waals surface area contributed by atoms with Gasteiger partial charge in [0.05, 0.1) is 24.4 Å². The molecule has 4 rings (SSSR count). The van der Waals surface area contributed by atoms with Crippen molar-refractivity contribution in [2.45, 2.75) is 37.5 Å². The second-order valence-electron chi connectivity index (χ2n) is 5.14. The highest BCUT2D eigenvalue weighted by molar-refractivity contribution is 5.65. The van der Waals surface area contributed by atoms with E-state index in [1.54, 1.807) is 6.20 Å². The van der Waals surface area contributed by atoms with E-state index in [-0.39, 0.29) is 0 Å². The van der Waals surface area contributed by atoms with Crippen LogP contribution in [0.4, 0.5) is 11.6 Å². The maximum absolute atomic E-state index is 5.85. The number of fused-ring (bicyclic) bond motifs is 3. The molecule has 2 bridgehead atoms. The van der Waals surface area contributed by atoms with E-state index in [0.29, 0.717) is 24.1 Å². The van der Waals surface area contributed by atoms with E-state index in [1.165, 1.54) is 6.42 Å². The van der Waals surface area contributed by atoms with Crippen molar-refractivity contribution >= 4 is 17.3 Å². The van der Waals surface area contributed by atoms with E-state index in [9.17, 15) is 0 Å². The van der Waals surface area contributed by atoms with Crippen LogP contribution in [0.1, 0.15) is 19.3 Å². The summed E-state index contributed by atoms with van der Waals surface area (Å²) in [7, 11) is 0. The Bertz CT molecular complexity index is 611. The molecule has 0 amide bonds. The first-order valence-electron chi connectivity index (χ1n) is 6.56. The molecule has 7 nitrogen and oxygen atoms in total. The summed E-state index contributed by atoms with van der Waals surface area (Å²) in [6.45, 7) is 0. The molecule has 2 aliphatic heterocycles. The van der Waals surface area contributed by atoms with Gasteiger partial charge < -0.3 is 19.9 Å². The van der Waals surface area contributed by atoms with Gasteiger partial charge in [-0.2, -0.15) is 0 Å². The number of anilines is 2. The summed E-state index contributed by atoms with van der Waals surface area (Å²) < 4.78 is 7.75. The van der Waals surface area contributed by atoms with Crippen molar-refractivity contribution in [1.29, 1.82) is 0 Å². The number of nitrogens with one attached hydrogen (secondary N) is 2. The highest BCUT2D eigenvalue weighted by Crippen LogP contribution is 2.36. The molecule has 2 fully saturated rings. The number of imidazole rings is 1. The molecule has 0 aliphatic carbocycles. The summed E-state index contributed by atoms with van der Waals surface area (Å²) in [5.74, 6) is 6.81. The molecule has 19 heavy (non-hydrogen) atoms. The maximum atomic E-state index is 5.85. The van der Waals surface area contributed by atoms with Crippen LogP contribution in [0, 0.1) is 0 Å². The molecule has 7 heteroatoms. The van der Waals surface area contributed by atoms with Crippen LogP contribution in [0.15, 0.2) is 18.6 Å². The summed E-state index contributed by atoms with van der Waals surface area (Å²) in [4.78, 5) is 8.78. The van der Waals surface area contributed by atoms with Crippen molar-refractivity contribution in [2.24, 2.45) is 5.84 Å². The Labute approximate surface area is 110 Å². The van der Waals surface area contributed by atoms with Crippen molar-refractivity contribution in [3.8, 4) is 0 Å². The Morgan fingerprint density at radius 2 is 2.37 bits per heavy atom. The summed E-state index contributed by atoms with van der Waals surface area (Å²) in [6.07, 6.45) is 9.50. The molecule has 0 saturated carbocycles. The molecule has 3 atom stereocenters. The van der Waals surface area contributed by atoms with E-state index >= 15 is 0 Å². The standard InChI is InChI=1S/C12H16N6O/c13-17-10-6-18-4-3-14-12(18)11(16-10)15-8-5-7-1-2-9(8)19-7/h3-4,6-9,17H,1-2,5,13H2,(H,15,16). The van der Waals surface area contributed by atoms with E-state index in [4.69, 9.17) is 10.6 Å². The van der Waals surface area contributed by atoms with Gasteiger partial charge in [-0.3, -0.25) is 0 Å². The number of nitrogens with zero attached hydrogens (tertiary/aromatic N) is 3. The molecular weight excluding hydrogens is 244 g/mol. The van der Waals surface area contributed by atoms with Crippen LogP contribution in [-0.2, 0) is 4.74 Å². The van der Waals surface area contributed by atoms with E-state index in [0.717, 1.165) is 24.3 Å². The fourth-order valence-electron chi connectivity index (χ4n) is 3.06. The number of aromatic nitrogens is 3. The Hall–Kier alpha value is -1.86. The predicted molar refractivity (Wildman–Crippen MR) is 70.7 cm³/mol. The van der Waals surface area contributed by atoms with Gasteiger partial charge >= 0.3 is 0 Å². The van der Waals surface area contributed by atoms with Gasteiger partial charge in [-0.15, -0.1) is 0 Å². The number of ether oxygens (including phenoxy) is 1. The highest BCUT2D eigenvalue weighted by Gasteiger charge is 2.41. The van der Waals surface area contributed by atoms with Crippen molar-refractivity contribution in [1.82, 2.24) is 14.4 Å². The van der Waals surface area contributed by atoms with Crippen LogP contribution >= 0.6 is 0 Å². The van der Waals surface area contributed by atoms with Crippen molar-refractivity contribution in [3.63, 3.8) is 0 Å². The van der Waals surface area contributed by atoms with Gasteiger partial charge in [-0.25, -0.2) is 15.8 Å². The minimum absolute atomic E-state index is 0.302. The third kappa shape index (κ3) is 1.73. The van der Waals surface area contributed by atoms with Crippen LogP contribution in [0.3, 0.4) is 0 Å². The normalized spacial score (nSPS) is 29.0. The summed E-state index contributed by atoms with van der Waals surface area (Å²) in [5, 5.41) is 3.46. The first-order chi connectivity index (χ1) is 9.33. The first-order valence-corrected chi connectivity index (χ1v) is 6.56. The monoisotopic (exact) mass is 260 g/mol. The van der Waals surface area contributed by atoms with Gasteiger partial charge in [-0.1, -0.05) is 0 Å². The van der Waals surface area contributed by atoms with Gasteiger partial charge in [-0.05, 0) is 19.3 Å². The van der Waals surface area contributed by atoms with Crippen LogP contribution in [0.25, 0.3) is 5.65 Å². The molecule has 4 heterocycles. The second kappa shape index (κ2) is 4.07. The quantitative estimate of drug-likeness (QED) is 0.557. The van der Waals surface area contributed by atoms with E-state index in [1.807, 2.05) is 16.8 Å². The summed E-state index contributed by atoms with van der Waals surface area (Å²) >= 11 is 0. The number of hydrogen-bond donors (Lipinski definition) is 3. The average Bonchev–Trinajstić information content (AvgIpc) is 3.13. The number of hydrazine groups is 1. The molecule has 0 aromatic carbocycles. The Kier molecular flexibility index (Phi) is 2.36. The molecule has 2 saturated heterocycles. The van der Waals surface area contributed by atoms with Gasteiger partial charge in [0.25, 0.3) is 0 Å². The summed E-state index contributed by atoms with van der Waals surface area (Å²) in [5.41, 5.74) is 3.38. The van der Waals surface area contributed by atoms with Crippen LogP contribution in [0.2, 0.25) is 0 Å². The molecular formula is C12H16N6O. The van der Waals surface area contributed by atoms with Gasteiger partial charge in [0.2, 0.25) is 0 Å². The summed E-state index contributed by atoms with van der Waals surface area (Å²) in [6, 6.07) is 0.319. The van der Waals surface area contributed by atoms with Crippen molar-refractivity contribution in [2.75, 3.05) is 10.7 Å². The lowest BCUT2D eigenvalue weighted by Crippen LogP contribution is -2.31. The predicted octanol–water partition coefficient (Wildman–Crippen LogP) is 0.747. The third-order valence-corrected chi connectivity index (χ3v) is 3.95. The number of nitrogen functional groups attached to an aromatic ring is 1. The molecule has 2 aromatic rings. The second-order valence-corrected chi connectivity index (χ2v) is 5.14. The lowest BCUT2D eigenvalue weighted by molar-refractivity contribution is 0.102. The zero-order valence-electron chi connectivity index (χ0n) is 10.4. The average molecular weight is 260 g/mol. The fourth-order valence-corrected chi connectivity index (χ4v) is 3.06. The van der Waals surface area contributed by atoms with Gasteiger partial charge in [0.15, 0.2) is 17.3 Å². The molecule has 3 unspecified atom stereocenters. The zero-order chi connectivity index (χ0) is 12.8. The van der Waals surface area contributed by atoms with Gasteiger partial charge in [0, 0.05) is 12.4 Å². The minimum atomic E-state index is 0.302. The van der Waals surface area contributed by atoms with Crippen molar-refractivity contribution in [3.05, 3.63) is 18.6 Å². The molecule has 0 spiro atoms. The maximum Gasteiger partial charge on any atom is 0.180 e. The Morgan fingerprint density at radius 1 is 1.42 bits per heavy atom. The molecule has 2 aliphatic rings. The number of hydrogen-bond acceptors (Lipinski definition) is 6. The van der Waals surface area contributed by atoms with Gasteiger partial charge in [0.1, 0.15) is 0 Å². The lowest BCUT2D eigenvalue weighted by atomic mass is 9.95. The van der Waals surface area contributed by atoms with Crippen molar-refractivity contribution < 1.29 is 4.74 Å². The van der Waals surface area contributed by atoms with E-state index < -0.39 is 0 Å². The third-order valence-electron chi connectivity index (χ3n) is 3.95. The van der Waals surface area contributed by atoms with Crippen LogP contribution in [0.5, 0.6) is 0 Å². The number of nitrogens with two attached hydrogens (primary N) is 1. The Morgan fingerprint density at radius 3 is 3.11 bits per heavy atom. The highest BCUT2D eigenvalue weighted by atomic mass is 16.5. The SMILES string of the molecule is NNc1cn2ccnc2c(NC2CC3CCC2O3)n1. The lowest BCUT2D eigenvalue weighted by Gasteiger charge is -2.21. The van der Waals surface area contributed by atoms with Crippen LogP contribution < -0.4 is 16.6 Å².